The highest BCUT2D eigenvalue weighted by molar-refractivity contribution is 6.35. The van der Waals surface area contributed by atoms with Crippen molar-refractivity contribution >= 4 is 23.2 Å². The summed E-state index contributed by atoms with van der Waals surface area (Å²) in [5.74, 6) is 0.248. The Hall–Kier alpha value is -1.97. The molecule has 112 valence electrons. The van der Waals surface area contributed by atoms with Crippen molar-refractivity contribution in [1.29, 1.82) is 0 Å². The van der Waals surface area contributed by atoms with Crippen molar-refractivity contribution in [2.24, 2.45) is 0 Å². The minimum Gasteiger partial charge on any atom is -0.508 e. The van der Waals surface area contributed by atoms with Crippen LogP contribution in [0, 0.1) is 0 Å². The molecule has 0 saturated heterocycles. The molecule has 0 amide bonds. The van der Waals surface area contributed by atoms with E-state index in [2.05, 4.69) is 4.98 Å². The third-order valence-electron chi connectivity index (χ3n) is 3.54. The van der Waals surface area contributed by atoms with Crippen LogP contribution in [-0.2, 0) is 13.0 Å². The molecule has 0 bridgehead atoms. The minimum atomic E-state index is 0.248. The first kappa shape index (κ1) is 14.9. The van der Waals surface area contributed by atoms with Crippen LogP contribution in [0.15, 0.2) is 55.0 Å². The van der Waals surface area contributed by atoms with E-state index in [0.717, 1.165) is 29.8 Å². The fourth-order valence-corrected chi connectivity index (χ4v) is 2.96. The number of aromatic nitrogens is 2. The topological polar surface area (TPSA) is 38.1 Å². The van der Waals surface area contributed by atoms with E-state index in [-0.39, 0.29) is 5.75 Å². The smallest absolute Gasteiger partial charge is 0.115 e. The molecule has 0 spiro atoms. The van der Waals surface area contributed by atoms with E-state index in [1.165, 1.54) is 0 Å². The molecule has 22 heavy (non-hydrogen) atoms. The van der Waals surface area contributed by atoms with Gasteiger partial charge >= 0.3 is 0 Å². The standard InChI is InChI=1S/C17H14Cl2N2O/c18-15-2-1-3-16(19)14(15)8-9-21-11-20-10-17(21)12-4-6-13(22)7-5-12/h1-7,10-11,22H,8-9H2. The van der Waals surface area contributed by atoms with Gasteiger partial charge in [-0.3, -0.25) is 0 Å². The summed E-state index contributed by atoms with van der Waals surface area (Å²) in [5, 5.41) is 10.7. The number of aryl methyl sites for hydroxylation is 1. The van der Waals surface area contributed by atoms with Gasteiger partial charge in [-0.1, -0.05) is 29.3 Å². The maximum absolute atomic E-state index is 9.38. The third kappa shape index (κ3) is 3.11. The maximum atomic E-state index is 9.38. The average molecular weight is 333 g/mol. The number of benzene rings is 2. The molecule has 3 rings (SSSR count). The Morgan fingerprint density at radius 1 is 1.00 bits per heavy atom. The molecule has 2 aromatic carbocycles. The molecule has 3 nitrogen and oxygen atoms in total. The molecule has 5 heteroatoms. The van der Waals surface area contributed by atoms with Gasteiger partial charge in [0, 0.05) is 22.2 Å². The number of hydrogen-bond donors (Lipinski definition) is 1. The molecule has 0 radical (unpaired) electrons. The maximum Gasteiger partial charge on any atom is 0.115 e. The monoisotopic (exact) mass is 332 g/mol. The lowest BCUT2D eigenvalue weighted by atomic mass is 10.1. The first-order chi connectivity index (χ1) is 10.6. The molecular formula is C17H14Cl2N2O. The van der Waals surface area contributed by atoms with E-state index < -0.39 is 0 Å². The van der Waals surface area contributed by atoms with Gasteiger partial charge in [0.05, 0.1) is 18.2 Å². The Morgan fingerprint density at radius 2 is 1.68 bits per heavy atom. The van der Waals surface area contributed by atoms with Gasteiger partial charge in [-0.25, -0.2) is 4.98 Å². The van der Waals surface area contributed by atoms with Crippen LogP contribution in [0.25, 0.3) is 11.3 Å². The lowest BCUT2D eigenvalue weighted by molar-refractivity contribution is 0.475. The Labute approximate surface area is 138 Å². The summed E-state index contributed by atoms with van der Waals surface area (Å²) in [6, 6.07) is 12.6. The summed E-state index contributed by atoms with van der Waals surface area (Å²) in [7, 11) is 0. The molecule has 0 aliphatic carbocycles. The minimum absolute atomic E-state index is 0.248. The number of phenols is 1. The van der Waals surface area contributed by atoms with Crippen LogP contribution in [-0.4, -0.2) is 14.7 Å². The predicted molar refractivity (Wildman–Crippen MR) is 89.5 cm³/mol. The average Bonchev–Trinajstić information content (AvgIpc) is 2.96. The van der Waals surface area contributed by atoms with Crippen molar-refractivity contribution in [2.45, 2.75) is 13.0 Å². The number of rotatable bonds is 4. The van der Waals surface area contributed by atoms with E-state index in [9.17, 15) is 5.11 Å². The van der Waals surface area contributed by atoms with Gasteiger partial charge in [0.2, 0.25) is 0 Å². The predicted octanol–water partition coefficient (Wildman–Crippen LogP) is 4.81. The molecule has 0 unspecified atom stereocenters. The molecule has 0 saturated carbocycles. The molecule has 0 aliphatic rings. The Balaban J connectivity index is 1.83. The molecule has 1 heterocycles. The first-order valence-electron chi connectivity index (χ1n) is 6.87. The van der Waals surface area contributed by atoms with Gasteiger partial charge in [0.25, 0.3) is 0 Å². The Bertz CT molecular complexity index is 761. The zero-order chi connectivity index (χ0) is 15.5. The van der Waals surface area contributed by atoms with Crippen LogP contribution < -0.4 is 0 Å². The van der Waals surface area contributed by atoms with Crippen molar-refractivity contribution in [1.82, 2.24) is 9.55 Å². The second kappa shape index (κ2) is 6.42. The van der Waals surface area contributed by atoms with Crippen LogP contribution in [0.1, 0.15) is 5.56 Å². The quantitative estimate of drug-likeness (QED) is 0.744. The number of imidazole rings is 1. The van der Waals surface area contributed by atoms with Gasteiger partial charge in [0.15, 0.2) is 0 Å². The highest BCUT2D eigenvalue weighted by atomic mass is 35.5. The zero-order valence-electron chi connectivity index (χ0n) is 11.7. The highest BCUT2D eigenvalue weighted by Crippen LogP contribution is 2.26. The van der Waals surface area contributed by atoms with Gasteiger partial charge < -0.3 is 9.67 Å². The van der Waals surface area contributed by atoms with E-state index in [4.69, 9.17) is 23.2 Å². The van der Waals surface area contributed by atoms with Gasteiger partial charge in [-0.15, -0.1) is 0 Å². The van der Waals surface area contributed by atoms with E-state index in [0.29, 0.717) is 10.0 Å². The molecular weight excluding hydrogens is 319 g/mol. The van der Waals surface area contributed by atoms with Crippen LogP contribution in [0.4, 0.5) is 0 Å². The normalized spacial score (nSPS) is 10.8. The summed E-state index contributed by atoms with van der Waals surface area (Å²) in [6.45, 7) is 0.722. The number of halogens is 2. The van der Waals surface area contributed by atoms with E-state index in [1.807, 2.05) is 34.9 Å². The first-order valence-corrected chi connectivity index (χ1v) is 7.63. The van der Waals surface area contributed by atoms with Crippen LogP contribution in [0.2, 0.25) is 10.0 Å². The number of phenolic OH excluding ortho intramolecular Hbond substituents is 1. The number of aromatic hydroxyl groups is 1. The van der Waals surface area contributed by atoms with Crippen LogP contribution >= 0.6 is 23.2 Å². The van der Waals surface area contributed by atoms with Gasteiger partial charge in [-0.2, -0.15) is 0 Å². The summed E-state index contributed by atoms with van der Waals surface area (Å²) in [4.78, 5) is 4.21. The second-order valence-electron chi connectivity index (χ2n) is 4.97. The van der Waals surface area contributed by atoms with Crippen molar-refractivity contribution < 1.29 is 5.11 Å². The third-order valence-corrected chi connectivity index (χ3v) is 4.25. The summed E-state index contributed by atoms with van der Waals surface area (Å²) >= 11 is 12.4. The molecule has 1 aromatic heterocycles. The summed E-state index contributed by atoms with van der Waals surface area (Å²) in [6.07, 6.45) is 4.31. The highest BCUT2D eigenvalue weighted by Gasteiger charge is 2.09. The SMILES string of the molecule is Oc1ccc(-c2cncn2CCc2c(Cl)cccc2Cl)cc1. The van der Waals surface area contributed by atoms with Crippen LogP contribution in [0.5, 0.6) is 5.75 Å². The lowest BCUT2D eigenvalue weighted by Crippen LogP contribution is -2.03. The van der Waals surface area contributed by atoms with Crippen molar-refractivity contribution in [3.05, 3.63) is 70.6 Å². The van der Waals surface area contributed by atoms with Gasteiger partial charge in [-0.05, 0) is 48.4 Å². The van der Waals surface area contributed by atoms with E-state index in [1.54, 1.807) is 24.7 Å². The summed E-state index contributed by atoms with van der Waals surface area (Å²) in [5.41, 5.74) is 2.93. The van der Waals surface area contributed by atoms with Crippen molar-refractivity contribution in [3.63, 3.8) is 0 Å². The van der Waals surface area contributed by atoms with Gasteiger partial charge in [0.1, 0.15) is 5.75 Å². The molecule has 0 atom stereocenters. The van der Waals surface area contributed by atoms with Crippen molar-refractivity contribution in [3.8, 4) is 17.0 Å². The molecule has 3 aromatic rings. The number of nitrogens with zero attached hydrogens (tertiary/aromatic N) is 2. The number of hydrogen-bond acceptors (Lipinski definition) is 2. The molecule has 1 N–H and O–H groups in total. The lowest BCUT2D eigenvalue weighted by Gasteiger charge is -2.10. The molecule has 0 aliphatic heterocycles. The van der Waals surface area contributed by atoms with Crippen molar-refractivity contribution in [2.75, 3.05) is 0 Å². The Kier molecular flexibility index (Phi) is 4.36. The van der Waals surface area contributed by atoms with Crippen LogP contribution in [0.3, 0.4) is 0 Å². The van der Waals surface area contributed by atoms with E-state index >= 15 is 0 Å². The Morgan fingerprint density at radius 3 is 2.36 bits per heavy atom. The molecule has 0 fully saturated rings. The zero-order valence-corrected chi connectivity index (χ0v) is 13.2. The fraction of sp³-hybridized carbons (Fsp3) is 0.118. The fourth-order valence-electron chi connectivity index (χ4n) is 2.37. The second-order valence-corrected chi connectivity index (χ2v) is 5.78. The largest absolute Gasteiger partial charge is 0.508 e. The summed E-state index contributed by atoms with van der Waals surface area (Å²) < 4.78 is 2.05.